The largest absolute Gasteiger partial charge is 0.387 e. The molecule has 0 aliphatic carbocycles. The minimum atomic E-state index is -0.692. The molecule has 6 nitrogen and oxygen atoms in total. The summed E-state index contributed by atoms with van der Waals surface area (Å²) < 4.78 is 1.89. The lowest BCUT2D eigenvalue weighted by atomic mass is 10.1. The molecule has 0 bridgehead atoms. The van der Waals surface area contributed by atoms with E-state index in [2.05, 4.69) is 4.98 Å². The third-order valence-electron chi connectivity index (χ3n) is 3.10. The fraction of sp³-hybridized carbons (Fsp3) is 0.250. The lowest BCUT2D eigenvalue weighted by Crippen LogP contribution is -2.16. The van der Waals surface area contributed by atoms with E-state index in [-0.39, 0.29) is 10.9 Å². The fourth-order valence-electron chi connectivity index (χ4n) is 2.16. The second kappa shape index (κ2) is 4.67. The Balaban J connectivity index is 1.85. The summed E-state index contributed by atoms with van der Waals surface area (Å²) in [4.78, 5) is 15.2. The number of nitro groups is 1. The highest BCUT2D eigenvalue weighted by Crippen LogP contribution is 2.45. The number of imidazole rings is 1. The Morgan fingerprint density at radius 2 is 2.37 bits per heavy atom. The highest BCUT2D eigenvalue weighted by molar-refractivity contribution is 8.00. The molecule has 0 radical (unpaired) electrons. The molecule has 1 N–H and O–H groups in total. The summed E-state index contributed by atoms with van der Waals surface area (Å²) in [5.41, 5.74) is 0.658. The topological polar surface area (TPSA) is 81.2 Å². The molecule has 0 unspecified atom stereocenters. The Labute approximate surface area is 113 Å². The first-order valence-electron chi connectivity index (χ1n) is 5.74. The maximum atomic E-state index is 10.8. The van der Waals surface area contributed by atoms with Gasteiger partial charge in [-0.1, -0.05) is 0 Å². The SMILES string of the molecule is O=[N+]([O-])c1ccc2c(c1)[C@H](O)[C@H](Cn1ccnc1)S2. The van der Waals surface area contributed by atoms with Crippen LogP contribution in [0.5, 0.6) is 0 Å². The van der Waals surface area contributed by atoms with E-state index in [0.717, 1.165) is 4.90 Å². The monoisotopic (exact) mass is 277 g/mol. The molecule has 98 valence electrons. The Morgan fingerprint density at radius 3 is 3.05 bits per heavy atom. The molecule has 2 heterocycles. The van der Waals surface area contributed by atoms with Crippen LogP contribution in [0.1, 0.15) is 11.7 Å². The summed E-state index contributed by atoms with van der Waals surface area (Å²) in [5.74, 6) is 0. The summed E-state index contributed by atoms with van der Waals surface area (Å²) in [5, 5.41) is 21.0. The lowest BCUT2D eigenvalue weighted by molar-refractivity contribution is -0.385. The zero-order valence-electron chi connectivity index (χ0n) is 9.84. The summed E-state index contributed by atoms with van der Waals surface area (Å²) in [6, 6.07) is 4.63. The Bertz CT molecular complexity index is 615. The van der Waals surface area contributed by atoms with Gasteiger partial charge in [0, 0.05) is 41.5 Å². The van der Waals surface area contributed by atoms with Gasteiger partial charge in [0.2, 0.25) is 0 Å². The minimum absolute atomic E-state index is 0.0154. The number of non-ortho nitro benzene ring substituents is 1. The van der Waals surface area contributed by atoms with Gasteiger partial charge in [-0.3, -0.25) is 10.1 Å². The molecule has 3 rings (SSSR count). The Kier molecular flexibility index (Phi) is 3.00. The lowest BCUT2D eigenvalue weighted by Gasteiger charge is -2.14. The normalized spacial score (nSPS) is 21.3. The molecule has 0 spiro atoms. The van der Waals surface area contributed by atoms with Crippen molar-refractivity contribution in [3.8, 4) is 0 Å². The predicted octanol–water partition coefficient (Wildman–Crippen LogP) is 2.00. The fourth-order valence-corrected chi connectivity index (χ4v) is 3.47. The van der Waals surface area contributed by atoms with Crippen LogP contribution < -0.4 is 0 Å². The van der Waals surface area contributed by atoms with Gasteiger partial charge >= 0.3 is 0 Å². The van der Waals surface area contributed by atoms with E-state index in [1.54, 1.807) is 30.4 Å². The van der Waals surface area contributed by atoms with E-state index in [1.165, 1.54) is 12.1 Å². The molecule has 0 fully saturated rings. The maximum Gasteiger partial charge on any atom is 0.269 e. The summed E-state index contributed by atoms with van der Waals surface area (Å²) in [6.45, 7) is 0.619. The van der Waals surface area contributed by atoms with E-state index in [1.807, 2.05) is 10.8 Å². The van der Waals surface area contributed by atoms with Gasteiger partial charge in [0.05, 0.1) is 22.6 Å². The van der Waals surface area contributed by atoms with Crippen molar-refractivity contribution in [2.75, 3.05) is 0 Å². The van der Waals surface area contributed by atoms with Crippen LogP contribution >= 0.6 is 11.8 Å². The first-order chi connectivity index (χ1) is 9.15. The smallest absolute Gasteiger partial charge is 0.269 e. The Morgan fingerprint density at radius 1 is 1.53 bits per heavy atom. The van der Waals surface area contributed by atoms with Gasteiger partial charge in [-0.25, -0.2) is 4.98 Å². The number of fused-ring (bicyclic) bond motifs is 1. The van der Waals surface area contributed by atoms with Crippen LogP contribution in [0.3, 0.4) is 0 Å². The second-order valence-electron chi connectivity index (χ2n) is 4.34. The molecule has 7 heteroatoms. The zero-order valence-corrected chi connectivity index (χ0v) is 10.7. The van der Waals surface area contributed by atoms with Gasteiger partial charge in [0.25, 0.3) is 5.69 Å². The van der Waals surface area contributed by atoms with Crippen molar-refractivity contribution in [1.82, 2.24) is 9.55 Å². The molecule has 19 heavy (non-hydrogen) atoms. The number of hydrogen-bond donors (Lipinski definition) is 1. The van der Waals surface area contributed by atoms with Crippen LogP contribution in [0.25, 0.3) is 0 Å². The highest BCUT2D eigenvalue weighted by Gasteiger charge is 2.33. The van der Waals surface area contributed by atoms with Crippen molar-refractivity contribution in [2.45, 2.75) is 22.8 Å². The standard InChI is InChI=1S/C12H11N3O3S/c16-12-9-5-8(15(17)18)1-2-10(9)19-11(12)6-14-4-3-13-7-14/h1-5,7,11-12,16H,6H2/t11-,12-/m0/s1. The third-order valence-corrected chi connectivity index (χ3v) is 4.44. The number of aromatic nitrogens is 2. The number of aliphatic hydroxyl groups excluding tert-OH is 1. The van der Waals surface area contributed by atoms with Crippen LogP contribution in [0.4, 0.5) is 5.69 Å². The maximum absolute atomic E-state index is 10.8. The number of aliphatic hydroxyl groups is 1. The molecule has 2 atom stereocenters. The van der Waals surface area contributed by atoms with Gasteiger partial charge in [-0.05, 0) is 6.07 Å². The van der Waals surface area contributed by atoms with Crippen LogP contribution in [0.2, 0.25) is 0 Å². The second-order valence-corrected chi connectivity index (χ2v) is 5.62. The quantitative estimate of drug-likeness (QED) is 0.685. The van der Waals surface area contributed by atoms with Gasteiger partial charge in [0.1, 0.15) is 0 Å². The zero-order chi connectivity index (χ0) is 13.4. The van der Waals surface area contributed by atoms with E-state index >= 15 is 0 Å². The first-order valence-corrected chi connectivity index (χ1v) is 6.62. The van der Waals surface area contributed by atoms with Crippen LogP contribution in [-0.2, 0) is 6.54 Å². The molecule has 0 amide bonds. The number of hydrogen-bond acceptors (Lipinski definition) is 5. The van der Waals surface area contributed by atoms with Crippen molar-refractivity contribution in [1.29, 1.82) is 0 Å². The predicted molar refractivity (Wildman–Crippen MR) is 69.9 cm³/mol. The van der Waals surface area contributed by atoms with Crippen molar-refractivity contribution in [3.63, 3.8) is 0 Å². The Hall–Kier alpha value is -1.86. The van der Waals surface area contributed by atoms with Gasteiger partial charge in [-0.2, -0.15) is 0 Å². The molecular weight excluding hydrogens is 266 g/mol. The summed E-state index contributed by atoms with van der Waals surface area (Å²) in [7, 11) is 0. The molecular formula is C12H11N3O3S. The number of rotatable bonds is 3. The molecule has 1 aromatic heterocycles. The molecule has 1 aromatic carbocycles. The van der Waals surface area contributed by atoms with E-state index in [4.69, 9.17) is 0 Å². The molecule has 2 aromatic rings. The van der Waals surface area contributed by atoms with Gasteiger partial charge in [-0.15, -0.1) is 11.8 Å². The highest BCUT2D eigenvalue weighted by atomic mass is 32.2. The van der Waals surface area contributed by atoms with Crippen molar-refractivity contribution in [2.24, 2.45) is 0 Å². The number of thioether (sulfide) groups is 1. The van der Waals surface area contributed by atoms with Crippen molar-refractivity contribution in [3.05, 3.63) is 52.6 Å². The van der Waals surface area contributed by atoms with Crippen molar-refractivity contribution >= 4 is 17.4 Å². The van der Waals surface area contributed by atoms with E-state index in [0.29, 0.717) is 12.1 Å². The van der Waals surface area contributed by atoms with Gasteiger partial charge < -0.3 is 9.67 Å². The van der Waals surface area contributed by atoms with Crippen LogP contribution in [0.15, 0.2) is 41.8 Å². The van der Waals surface area contributed by atoms with Crippen LogP contribution in [0, 0.1) is 10.1 Å². The summed E-state index contributed by atoms with van der Waals surface area (Å²) >= 11 is 1.54. The van der Waals surface area contributed by atoms with Crippen LogP contribution in [-0.4, -0.2) is 24.8 Å². The molecule has 0 saturated carbocycles. The average molecular weight is 277 g/mol. The molecule has 0 saturated heterocycles. The number of benzene rings is 1. The molecule has 1 aliphatic rings. The first kappa shape index (κ1) is 12.2. The molecule has 1 aliphatic heterocycles. The number of nitrogens with zero attached hydrogens (tertiary/aromatic N) is 3. The average Bonchev–Trinajstić information content (AvgIpc) is 2.99. The minimum Gasteiger partial charge on any atom is -0.387 e. The van der Waals surface area contributed by atoms with E-state index < -0.39 is 11.0 Å². The third kappa shape index (κ3) is 2.22. The number of nitro benzene ring substituents is 1. The van der Waals surface area contributed by atoms with Gasteiger partial charge in [0.15, 0.2) is 0 Å². The van der Waals surface area contributed by atoms with Crippen molar-refractivity contribution < 1.29 is 10.0 Å². The van der Waals surface area contributed by atoms with E-state index in [9.17, 15) is 15.2 Å². The summed E-state index contributed by atoms with van der Waals surface area (Å²) in [6.07, 6.45) is 4.52.